The van der Waals surface area contributed by atoms with Gasteiger partial charge in [-0.1, -0.05) is 17.3 Å². The van der Waals surface area contributed by atoms with E-state index in [9.17, 15) is 4.39 Å². The van der Waals surface area contributed by atoms with Gasteiger partial charge in [0.25, 0.3) is 0 Å². The van der Waals surface area contributed by atoms with Gasteiger partial charge in [-0.2, -0.15) is 5.26 Å². The molecule has 0 amide bonds. The van der Waals surface area contributed by atoms with Crippen molar-refractivity contribution < 1.29 is 4.39 Å². The fourth-order valence-electron chi connectivity index (χ4n) is 1.38. The van der Waals surface area contributed by atoms with Crippen LogP contribution in [-0.2, 0) is 6.54 Å². The fraction of sp³-hybridized carbons (Fsp3) is 0.182. The molecule has 80 valence electrons. The normalized spacial score (nSPS) is 10.1. The first-order valence-electron chi connectivity index (χ1n) is 4.75. The number of nitrogens with zero attached hydrogens (tertiary/aromatic N) is 4. The van der Waals surface area contributed by atoms with Gasteiger partial charge in [0.1, 0.15) is 11.9 Å². The Balaban J connectivity index is 2.24. The first-order chi connectivity index (χ1) is 7.70. The highest BCUT2D eigenvalue weighted by atomic mass is 19.1. The van der Waals surface area contributed by atoms with Crippen molar-refractivity contribution >= 4 is 0 Å². The van der Waals surface area contributed by atoms with Crippen LogP contribution >= 0.6 is 0 Å². The second-order valence-electron chi connectivity index (χ2n) is 3.42. The first kappa shape index (κ1) is 10.3. The van der Waals surface area contributed by atoms with Crippen molar-refractivity contribution in [3.8, 4) is 6.07 Å². The summed E-state index contributed by atoms with van der Waals surface area (Å²) in [6.07, 6.45) is 0. The van der Waals surface area contributed by atoms with Crippen molar-refractivity contribution in [2.45, 2.75) is 13.5 Å². The summed E-state index contributed by atoms with van der Waals surface area (Å²) >= 11 is 0. The molecule has 1 heterocycles. The molecule has 1 aromatic carbocycles. The number of hydrogen-bond donors (Lipinski definition) is 0. The molecule has 0 N–H and O–H groups in total. The van der Waals surface area contributed by atoms with Crippen molar-refractivity contribution in [2.75, 3.05) is 0 Å². The zero-order valence-electron chi connectivity index (χ0n) is 8.68. The lowest BCUT2D eigenvalue weighted by molar-refractivity contribution is 0.617. The van der Waals surface area contributed by atoms with Crippen LogP contribution in [0.2, 0.25) is 0 Å². The Labute approximate surface area is 91.9 Å². The highest BCUT2D eigenvalue weighted by molar-refractivity contribution is 5.24. The molecule has 0 unspecified atom stereocenters. The summed E-state index contributed by atoms with van der Waals surface area (Å²) in [6, 6.07) is 8.11. The average molecular weight is 216 g/mol. The summed E-state index contributed by atoms with van der Waals surface area (Å²) in [5.74, 6) is -0.267. The zero-order valence-corrected chi connectivity index (χ0v) is 8.68. The third-order valence-corrected chi connectivity index (χ3v) is 2.33. The molecular formula is C11H9FN4. The maximum Gasteiger partial charge on any atom is 0.185 e. The van der Waals surface area contributed by atoms with Crippen molar-refractivity contribution in [3.05, 3.63) is 47.0 Å². The summed E-state index contributed by atoms with van der Waals surface area (Å²) in [4.78, 5) is 0. The van der Waals surface area contributed by atoms with Gasteiger partial charge < -0.3 is 0 Å². The van der Waals surface area contributed by atoms with E-state index in [0.717, 1.165) is 5.56 Å². The number of halogens is 1. The third kappa shape index (κ3) is 1.91. The predicted octanol–water partition coefficient (Wildman–Crippen LogP) is 1.65. The lowest BCUT2D eigenvalue weighted by Gasteiger charge is -2.02. The number of rotatable bonds is 2. The maximum absolute atomic E-state index is 12.7. The topological polar surface area (TPSA) is 54.5 Å². The summed E-state index contributed by atoms with van der Waals surface area (Å²) in [7, 11) is 0. The van der Waals surface area contributed by atoms with Gasteiger partial charge in [-0.25, -0.2) is 9.07 Å². The molecule has 5 heteroatoms. The minimum Gasteiger partial charge on any atom is -0.244 e. The van der Waals surface area contributed by atoms with Gasteiger partial charge in [-0.3, -0.25) is 0 Å². The SMILES string of the molecule is Cc1c(C#N)nnn1Cc1ccc(F)cc1. The number of nitriles is 1. The second-order valence-corrected chi connectivity index (χ2v) is 3.42. The van der Waals surface area contributed by atoms with E-state index in [0.29, 0.717) is 17.9 Å². The Morgan fingerprint density at radius 2 is 2.06 bits per heavy atom. The standard InChI is InChI=1S/C11H9FN4/c1-8-11(6-13)14-15-16(8)7-9-2-4-10(12)5-3-9/h2-5H,7H2,1H3. The Kier molecular flexibility index (Phi) is 2.64. The van der Waals surface area contributed by atoms with E-state index in [2.05, 4.69) is 10.3 Å². The van der Waals surface area contributed by atoms with E-state index in [1.807, 2.05) is 6.07 Å². The summed E-state index contributed by atoms with van der Waals surface area (Å²) in [5, 5.41) is 16.3. The molecule has 0 aliphatic carbocycles. The minimum atomic E-state index is -0.267. The van der Waals surface area contributed by atoms with Crippen LogP contribution in [0.3, 0.4) is 0 Å². The van der Waals surface area contributed by atoms with Crippen molar-refractivity contribution in [2.24, 2.45) is 0 Å². The van der Waals surface area contributed by atoms with Gasteiger partial charge >= 0.3 is 0 Å². The molecule has 0 radical (unpaired) electrons. The van der Waals surface area contributed by atoms with E-state index in [1.54, 1.807) is 23.7 Å². The van der Waals surface area contributed by atoms with Crippen LogP contribution in [0.1, 0.15) is 17.0 Å². The number of aromatic nitrogens is 3. The van der Waals surface area contributed by atoms with Crippen molar-refractivity contribution in [1.29, 1.82) is 5.26 Å². The second kappa shape index (κ2) is 4.11. The molecule has 16 heavy (non-hydrogen) atoms. The van der Waals surface area contributed by atoms with Crippen LogP contribution < -0.4 is 0 Å². The molecule has 0 saturated carbocycles. The van der Waals surface area contributed by atoms with Crippen LogP contribution in [0.25, 0.3) is 0 Å². The first-order valence-corrected chi connectivity index (χ1v) is 4.75. The van der Waals surface area contributed by atoms with Crippen LogP contribution in [0.15, 0.2) is 24.3 Å². The van der Waals surface area contributed by atoms with Crippen LogP contribution in [-0.4, -0.2) is 15.0 Å². The molecule has 0 bridgehead atoms. The van der Waals surface area contributed by atoms with Gasteiger partial charge in [0.15, 0.2) is 5.69 Å². The third-order valence-electron chi connectivity index (χ3n) is 2.33. The van der Waals surface area contributed by atoms with E-state index >= 15 is 0 Å². The molecule has 0 aliphatic rings. The smallest absolute Gasteiger partial charge is 0.185 e. The average Bonchev–Trinajstić information content (AvgIpc) is 2.63. The van der Waals surface area contributed by atoms with Crippen molar-refractivity contribution in [1.82, 2.24) is 15.0 Å². The van der Waals surface area contributed by atoms with E-state index < -0.39 is 0 Å². The maximum atomic E-state index is 12.7. The van der Waals surface area contributed by atoms with Gasteiger partial charge in [0, 0.05) is 0 Å². The Hall–Kier alpha value is -2.22. The Morgan fingerprint density at radius 3 is 2.62 bits per heavy atom. The van der Waals surface area contributed by atoms with Gasteiger partial charge in [-0.05, 0) is 24.6 Å². The van der Waals surface area contributed by atoms with E-state index in [-0.39, 0.29) is 5.82 Å². The fourth-order valence-corrected chi connectivity index (χ4v) is 1.38. The highest BCUT2D eigenvalue weighted by Crippen LogP contribution is 2.08. The lowest BCUT2D eigenvalue weighted by Crippen LogP contribution is -2.04. The molecule has 0 aliphatic heterocycles. The van der Waals surface area contributed by atoms with Gasteiger partial charge in [0.05, 0.1) is 12.2 Å². The molecule has 0 atom stereocenters. The summed E-state index contributed by atoms with van der Waals surface area (Å²) < 4.78 is 14.3. The van der Waals surface area contributed by atoms with Crippen LogP contribution in [0.5, 0.6) is 0 Å². The summed E-state index contributed by atoms with van der Waals surface area (Å²) in [5.41, 5.74) is 1.95. The summed E-state index contributed by atoms with van der Waals surface area (Å²) in [6.45, 7) is 2.27. The zero-order chi connectivity index (χ0) is 11.5. The van der Waals surface area contributed by atoms with E-state index in [4.69, 9.17) is 5.26 Å². The van der Waals surface area contributed by atoms with Crippen LogP contribution in [0, 0.1) is 24.1 Å². The van der Waals surface area contributed by atoms with Crippen LogP contribution in [0.4, 0.5) is 4.39 Å². The molecule has 0 fully saturated rings. The van der Waals surface area contributed by atoms with Gasteiger partial charge in [0.2, 0.25) is 0 Å². The monoisotopic (exact) mass is 216 g/mol. The number of hydrogen-bond acceptors (Lipinski definition) is 3. The van der Waals surface area contributed by atoms with Crippen molar-refractivity contribution in [3.63, 3.8) is 0 Å². The molecule has 2 rings (SSSR count). The molecule has 1 aromatic heterocycles. The quantitative estimate of drug-likeness (QED) is 0.766. The minimum absolute atomic E-state index is 0.267. The molecule has 2 aromatic rings. The van der Waals surface area contributed by atoms with E-state index in [1.165, 1.54) is 12.1 Å². The molecular weight excluding hydrogens is 207 g/mol. The largest absolute Gasteiger partial charge is 0.244 e. The number of benzene rings is 1. The Morgan fingerprint density at radius 1 is 1.38 bits per heavy atom. The molecule has 0 spiro atoms. The molecule has 4 nitrogen and oxygen atoms in total. The van der Waals surface area contributed by atoms with Gasteiger partial charge in [-0.15, -0.1) is 5.10 Å². The molecule has 0 saturated heterocycles. The Bertz CT molecular complexity index is 536. The highest BCUT2D eigenvalue weighted by Gasteiger charge is 2.07. The lowest BCUT2D eigenvalue weighted by atomic mass is 10.2. The predicted molar refractivity (Wildman–Crippen MR) is 55.0 cm³/mol.